The lowest BCUT2D eigenvalue weighted by Crippen LogP contribution is -2.15. The molecule has 1 fully saturated rings. The first-order chi connectivity index (χ1) is 12.7. The van der Waals surface area contributed by atoms with Gasteiger partial charge in [0.05, 0.1) is 12.2 Å². The average molecular weight is 343 g/mol. The molecule has 1 unspecified atom stereocenters. The number of hydrogen-bond acceptors (Lipinski definition) is 4. The summed E-state index contributed by atoms with van der Waals surface area (Å²) in [5.41, 5.74) is 4.85. The molecule has 0 spiro atoms. The van der Waals surface area contributed by atoms with Gasteiger partial charge in [0.1, 0.15) is 5.69 Å². The molecule has 1 aliphatic rings. The third-order valence-electron chi connectivity index (χ3n) is 4.85. The smallest absolute Gasteiger partial charge is 0.113 e. The van der Waals surface area contributed by atoms with E-state index in [1.165, 1.54) is 12.0 Å². The molecule has 0 amide bonds. The second-order valence-corrected chi connectivity index (χ2v) is 6.77. The van der Waals surface area contributed by atoms with Crippen molar-refractivity contribution in [1.29, 1.82) is 0 Å². The predicted molar refractivity (Wildman–Crippen MR) is 102 cm³/mol. The van der Waals surface area contributed by atoms with Gasteiger partial charge in [0, 0.05) is 53.3 Å². The topological polar surface area (TPSA) is 47.9 Å². The van der Waals surface area contributed by atoms with Crippen molar-refractivity contribution in [2.45, 2.75) is 32.6 Å². The summed E-state index contributed by atoms with van der Waals surface area (Å²) in [6, 6.07) is 6.18. The minimum atomic E-state index is 0.457. The van der Waals surface area contributed by atoms with Gasteiger partial charge in [-0.2, -0.15) is 0 Å². The maximum absolute atomic E-state index is 5.56. The van der Waals surface area contributed by atoms with Crippen molar-refractivity contribution in [2.24, 2.45) is 0 Å². The fraction of sp³-hybridized carbons (Fsp3) is 0.318. The molecule has 1 atom stereocenters. The second-order valence-electron chi connectivity index (χ2n) is 6.77. The molecular formula is C22H21N3O. The molecule has 0 bridgehead atoms. The van der Waals surface area contributed by atoms with Gasteiger partial charge in [0.15, 0.2) is 0 Å². The van der Waals surface area contributed by atoms with Gasteiger partial charge in [-0.3, -0.25) is 9.97 Å². The Morgan fingerprint density at radius 2 is 1.92 bits per heavy atom. The van der Waals surface area contributed by atoms with E-state index in [0.717, 1.165) is 53.1 Å². The number of pyridine rings is 3. The molecule has 3 aromatic heterocycles. The third-order valence-corrected chi connectivity index (χ3v) is 4.85. The van der Waals surface area contributed by atoms with E-state index in [1.54, 1.807) is 0 Å². The van der Waals surface area contributed by atoms with Crippen molar-refractivity contribution < 1.29 is 4.74 Å². The Morgan fingerprint density at radius 3 is 2.69 bits per heavy atom. The molecule has 0 radical (unpaired) electrons. The van der Waals surface area contributed by atoms with E-state index in [-0.39, 0.29) is 0 Å². The number of nitrogens with zero attached hydrogens (tertiary/aromatic N) is 3. The maximum atomic E-state index is 5.56. The van der Waals surface area contributed by atoms with Crippen LogP contribution in [-0.4, -0.2) is 28.2 Å². The molecule has 0 N–H and O–H groups in total. The average Bonchev–Trinajstić information content (AvgIpc) is 2.68. The van der Waals surface area contributed by atoms with Gasteiger partial charge in [-0.15, -0.1) is 0 Å². The van der Waals surface area contributed by atoms with E-state index >= 15 is 0 Å². The van der Waals surface area contributed by atoms with Gasteiger partial charge in [0.2, 0.25) is 0 Å². The molecule has 1 saturated heterocycles. The standard InChI is InChI=1S/C22H21N3O/c1-15-10-21-18(12-24-16(2)22(21)13-23-15)6-8-20-7-5-17(11-25-20)19-4-3-9-26-14-19/h5,7,10-13,19H,3-4,9,14H2,1-2H3. The van der Waals surface area contributed by atoms with Gasteiger partial charge < -0.3 is 4.74 Å². The molecule has 4 nitrogen and oxygen atoms in total. The Morgan fingerprint density at radius 1 is 1.00 bits per heavy atom. The van der Waals surface area contributed by atoms with Crippen LogP contribution in [0.3, 0.4) is 0 Å². The second kappa shape index (κ2) is 7.23. The summed E-state index contributed by atoms with van der Waals surface area (Å²) in [5.74, 6) is 6.86. The largest absolute Gasteiger partial charge is 0.381 e. The van der Waals surface area contributed by atoms with Gasteiger partial charge >= 0.3 is 0 Å². The van der Waals surface area contributed by atoms with Crippen LogP contribution in [0.5, 0.6) is 0 Å². The molecular weight excluding hydrogens is 322 g/mol. The molecule has 0 aromatic carbocycles. The van der Waals surface area contributed by atoms with Crippen LogP contribution in [0.1, 0.15) is 47.0 Å². The van der Waals surface area contributed by atoms with E-state index in [0.29, 0.717) is 5.92 Å². The number of fused-ring (bicyclic) bond motifs is 1. The molecule has 1 aliphatic heterocycles. The molecule has 4 rings (SSSR count). The predicted octanol–water partition coefficient (Wildman–Crippen LogP) is 3.94. The molecule has 4 heteroatoms. The van der Waals surface area contributed by atoms with E-state index in [4.69, 9.17) is 4.74 Å². The SMILES string of the molecule is Cc1cc2c(C#Cc3ccc(C4CCCOC4)cn3)cnc(C)c2cn1. The molecule has 130 valence electrons. The summed E-state index contributed by atoms with van der Waals surface area (Å²) in [6.07, 6.45) is 7.92. The summed E-state index contributed by atoms with van der Waals surface area (Å²) in [4.78, 5) is 13.3. The zero-order chi connectivity index (χ0) is 17.9. The minimum absolute atomic E-state index is 0.457. The van der Waals surface area contributed by atoms with Crippen molar-refractivity contribution in [3.8, 4) is 11.8 Å². The van der Waals surface area contributed by atoms with Gasteiger partial charge in [0.25, 0.3) is 0 Å². The van der Waals surface area contributed by atoms with Crippen molar-refractivity contribution in [3.05, 3.63) is 65.0 Å². The fourth-order valence-electron chi connectivity index (χ4n) is 3.33. The van der Waals surface area contributed by atoms with Crippen LogP contribution >= 0.6 is 0 Å². The fourth-order valence-corrected chi connectivity index (χ4v) is 3.33. The molecule has 26 heavy (non-hydrogen) atoms. The first kappa shape index (κ1) is 16.7. The lowest BCUT2D eigenvalue weighted by molar-refractivity contribution is 0.0803. The van der Waals surface area contributed by atoms with E-state index in [2.05, 4.69) is 38.9 Å². The Labute approximate surface area is 153 Å². The van der Waals surface area contributed by atoms with Crippen LogP contribution in [0.2, 0.25) is 0 Å². The summed E-state index contributed by atoms with van der Waals surface area (Å²) >= 11 is 0. The van der Waals surface area contributed by atoms with E-state index in [1.807, 2.05) is 38.5 Å². The number of rotatable bonds is 1. The third kappa shape index (κ3) is 3.44. The van der Waals surface area contributed by atoms with Gasteiger partial charge in [-0.25, -0.2) is 4.98 Å². The van der Waals surface area contributed by atoms with Gasteiger partial charge in [-0.05, 0) is 50.3 Å². The highest BCUT2D eigenvalue weighted by molar-refractivity contribution is 5.89. The maximum Gasteiger partial charge on any atom is 0.113 e. The highest BCUT2D eigenvalue weighted by Gasteiger charge is 2.15. The number of aryl methyl sites for hydroxylation is 2. The lowest BCUT2D eigenvalue weighted by Gasteiger charge is -2.21. The van der Waals surface area contributed by atoms with Crippen LogP contribution < -0.4 is 0 Å². The van der Waals surface area contributed by atoms with Crippen LogP contribution in [0.4, 0.5) is 0 Å². The zero-order valence-corrected chi connectivity index (χ0v) is 15.1. The van der Waals surface area contributed by atoms with Crippen molar-refractivity contribution in [2.75, 3.05) is 13.2 Å². The highest BCUT2D eigenvalue weighted by atomic mass is 16.5. The molecule has 4 heterocycles. The van der Waals surface area contributed by atoms with Crippen molar-refractivity contribution >= 4 is 10.8 Å². The highest BCUT2D eigenvalue weighted by Crippen LogP contribution is 2.24. The van der Waals surface area contributed by atoms with Crippen LogP contribution in [0.25, 0.3) is 10.8 Å². The first-order valence-corrected chi connectivity index (χ1v) is 8.98. The van der Waals surface area contributed by atoms with Crippen molar-refractivity contribution in [1.82, 2.24) is 15.0 Å². The summed E-state index contributed by atoms with van der Waals surface area (Å²) in [7, 11) is 0. The van der Waals surface area contributed by atoms with E-state index in [9.17, 15) is 0 Å². The number of aromatic nitrogens is 3. The number of ether oxygens (including phenoxy) is 1. The zero-order valence-electron chi connectivity index (χ0n) is 15.1. The monoisotopic (exact) mass is 343 g/mol. The van der Waals surface area contributed by atoms with Crippen LogP contribution in [0.15, 0.2) is 36.8 Å². The molecule has 0 saturated carbocycles. The van der Waals surface area contributed by atoms with Gasteiger partial charge in [-0.1, -0.05) is 12.0 Å². The Hall–Kier alpha value is -2.77. The lowest BCUT2D eigenvalue weighted by atomic mass is 9.95. The summed E-state index contributed by atoms with van der Waals surface area (Å²) < 4.78 is 5.56. The normalized spacial score (nSPS) is 16.9. The van der Waals surface area contributed by atoms with Crippen molar-refractivity contribution in [3.63, 3.8) is 0 Å². The van der Waals surface area contributed by atoms with E-state index < -0.39 is 0 Å². The Bertz CT molecular complexity index is 994. The quantitative estimate of drug-likeness (QED) is 0.628. The summed E-state index contributed by atoms with van der Waals surface area (Å²) in [5, 5.41) is 2.14. The molecule has 3 aromatic rings. The molecule has 0 aliphatic carbocycles. The Balaban J connectivity index is 1.62. The van der Waals surface area contributed by atoms with Crippen LogP contribution in [-0.2, 0) is 4.74 Å². The minimum Gasteiger partial charge on any atom is -0.381 e. The first-order valence-electron chi connectivity index (χ1n) is 8.98. The number of hydrogen-bond donors (Lipinski definition) is 0. The van der Waals surface area contributed by atoms with Crippen LogP contribution in [0, 0.1) is 25.7 Å². The Kier molecular flexibility index (Phi) is 4.64. The summed E-state index contributed by atoms with van der Waals surface area (Å²) in [6.45, 7) is 5.65.